The van der Waals surface area contributed by atoms with Crippen LogP contribution in [0.15, 0.2) is 42.5 Å². The van der Waals surface area contributed by atoms with E-state index in [2.05, 4.69) is 6.92 Å². The summed E-state index contributed by atoms with van der Waals surface area (Å²) in [7, 11) is 0. The topological polar surface area (TPSA) is 29.5 Å². The molecule has 17 heavy (non-hydrogen) atoms. The van der Waals surface area contributed by atoms with Gasteiger partial charge in [-0.15, -0.1) is 0 Å². The van der Waals surface area contributed by atoms with Gasteiger partial charge in [0, 0.05) is 5.56 Å². The second kappa shape index (κ2) is 4.91. The number of ether oxygens (including phenoxy) is 1. The largest absolute Gasteiger partial charge is 0.504 e. The van der Waals surface area contributed by atoms with Crippen molar-refractivity contribution < 1.29 is 9.84 Å². The second-order valence-electron chi connectivity index (χ2n) is 3.98. The van der Waals surface area contributed by atoms with Crippen LogP contribution in [-0.2, 0) is 6.42 Å². The fourth-order valence-corrected chi connectivity index (χ4v) is 1.87. The van der Waals surface area contributed by atoms with Crippen LogP contribution in [0.5, 0.6) is 17.2 Å². The molecule has 0 unspecified atom stereocenters. The van der Waals surface area contributed by atoms with Gasteiger partial charge in [-0.05, 0) is 37.1 Å². The Morgan fingerprint density at radius 1 is 1.06 bits per heavy atom. The average molecular weight is 228 g/mol. The SMILES string of the molecule is CCc1c(C)ccc(O)c1Oc1ccccc1. The first-order valence-corrected chi connectivity index (χ1v) is 5.76. The Labute approximate surface area is 101 Å². The number of phenolic OH excluding ortho intramolecular Hbond substituents is 1. The van der Waals surface area contributed by atoms with E-state index in [1.54, 1.807) is 6.07 Å². The molecule has 2 aromatic carbocycles. The molecule has 0 spiro atoms. The number of benzene rings is 2. The van der Waals surface area contributed by atoms with Crippen molar-refractivity contribution in [1.82, 2.24) is 0 Å². The molecule has 0 heterocycles. The highest BCUT2D eigenvalue weighted by molar-refractivity contribution is 5.51. The first-order chi connectivity index (χ1) is 8.22. The molecular formula is C15H16O2. The summed E-state index contributed by atoms with van der Waals surface area (Å²) in [5.41, 5.74) is 2.19. The number of aromatic hydroxyl groups is 1. The molecule has 0 aliphatic carbocycles. The molecule has 0 aromatic heterocycles. The molecular weight excluding hydrogens is 212 g/mol. The lowest BCUT2D eigenvalue weighted by atomic mass is 10.0. The lowest BCUT2D eigenvalue weighted by molar-refractivity contribution is 0.407. The van der Waals surface area contributed by atoms with E-state index < -0.39 is 0 Å². The average Bonchev–Trinajstić information content (AvgIpc) is 2.35. The van der Waals surface area contributed by atoms with E-state index >= 15 is 0 Å². The van der Waals surface area contributed by atoms with E-state index in [1.807, 2.05) is 43.3 Å². The number of aryl methyl sites for hydroxylation is 1. The quantitative estimate of drug-likeness (QED) is 0.858. The van der Waals surface area contributed by atoms with E-state index in [0.29, 0.717) is 5.75 Å². The summed E-state index contributed by atoms with van der Waals surface area (Å²) in [6.07, 6.45) is 0.836. The zero-order chi connectivity index (χ0) is 12.3. The normalized spacial score (nSPS) is 10.2. The van der Waals surface area contributed by atoms with Crippen LogP contribution in [0.4, 0.5) is 0 Å². The van der Waals surface area contributed by atoms with Gasteiger partial charge >= 0.3 is 0 Å². The Bertz CT molecular complexity index is 504. The van der Waals surface area contributed by atoms with Crippen LogP contribution in [0, 0.1) is 6.92 Å². The number of rotatable bonds is 3. The molecule has 0 bridgehead atoms. The molecule has 0 saturated heterocycles. The van der Waals surface area contributed by atoms with Gasteiger partial charge in [0.1, 0.15) is 5.75 Å². The minimum atomic E-state index is 0.191. The van der Waals surface area contributed by atoms with Crippen LogP contribution in [0.2, 0.25) is 0 Å². The molecule has 0 aliphatic heterocycles. The van der Waals surface area contributed by atoms with Crippen molar-refractivity contribution in [2.45, 2.75) is 20.3 Å². The van der Waals surface area contributed by atoms with E-state index in [0.717, 1.165) is 23.3 Å². The summed E-state index contributed by atoms with van der Waals surface area (Å²) in [5.74, 6) is 1.50. The summed E-state index contributed by atoms with van der Waals surface area (Å²) in [6, 6.07) is 13.1. The van der Waals surface area contributed by atoms with Crippen LogP contribution < -0.4 is 4.74 Å². The molecule has 2 heteroatoms. The first kappa shape index (κ1) is 11.5. The van der Waals surface area contributed by atoms with Crippen LogP contribution >= 0.6 is 0 Å². The van der Waals surface area contributed by atoms with Gasteiger partial charge in [0.05, 0.1) is 0 Å². The summed E-state index contributed by atoms with van der Waals surface area (Å²) in [6.45, 7) is 4.08. The monoisotopic (exact) mass is 228 g/mol. The van der Waals surface area contributed by atoms with Crippen LogP contribution in [0.25, 0.3) is 0 Å². The van der Waals surface area contributed by atoms with Crippen molar-refractivity contribution >= 4 is 0 Å². The summed E-state index contributed by atoms with van der Waals surface area (Å²) in [5, 5.41) is 9.88. The molecule has 2 rings (SSSR count). The standard InChI is InChI=1S/C15H16O2/c1-3-13-11(2)9-10-14(16)15(13)17-12-7-5-4-6-8-12/h4-10,16H,3H2,1-2H3. The Morgan fingerprint density at radius 2 is 1.76 bits per heavy atom. The third-order valence-corrected chi connectivity index (χ3v) is 2.79. The van der Waals surface area contributed by atoms with Crippen molar-refractivity contribution in [3.05, 3.63) is 53.6 Å². The highest BCUT2D eigenvalue weighted by Crippen LogP contribution is 2.36. The molecule has 2 nitrogen and oxygen atoms in total. The molecule has 88 valence electrons. The highest BCUT2D eigenvalue weighted by atomic mass is 16.5. The molecule has 0 saturated carbocycles. The maximum Gasteiger partial charge on any atom is 0.172 e. The molecule has 0 amide bonds. The number of hydrogen-bond acceptors (Lipinski definition) is 2. The first-order valence-electron chi connectivity index (χ1n) is 5.76. The smallest absolute Gasteiger partial charge is 0.172 e. The Hall–Kier alpha value is -1.96. The van der Waals surface area contributed by atoms with Crippen molar-refractivity contribution in [1.29, 1.82) is 0 Å². The van der Waals surface area contributed by atoms with Crippen molar-refractivity contribution in [3.63, 3.8) is 0 Å². The van der Waals surface area contributed by atoms with Gasteiger partial charge in [0.2, 0.25) is 0 Å². The Balaban J connectivity index is 2.41. The van der Waals surface area contributed by atoms with Crippen LogP contribution in [0.3, 0.4) is 0 Å². The predicted octanol–water partition coefficient (Wildman–Crippen LogP) is 4.06. The van der Waals surface area contributed by atoms with Crippen molar-refractivity contribution in [3.8, 4) is 17.2 Å². The maximum atomic E-state index is 9.88. The summed E-state index contributed by atoms with van der Waals surface area (Å²) < 4.78 is 5.76. The Morgan fingerprint density at radius 3 is 2.41 bits per heavy atom. The second-order valence-corrected chi connectivity index (χ2v) is 3.98. The Kier molecular flexibility index (Phi) is 3.33. The number of hydrogen-bond donors (Lipinski definition) is 1. The fraction of sp³-hybridized carbons (Fsp3) is 0.200. The van der Waals surface area contributed by atoms with Gasteiger partial charge in [-0.25, -0.2) is 0 Å². The molecule has 1 N–H and O–H groups in total. The zero-order valence-electron chi connectivity index (χ0n) is 10.1. The molecule has 0 radical (unpaired) electrons. The lowest BCUT2D eigenvalue weighted by Crippen LogP contribution is -1.94. The number of para-hydroxylation sites is 1. The number of phenols is 1. The van der Waals surface area contributed by atoms with E-state index in [9.17, 15) is 5.11 Å². The van der Waals surface area contributed by atoms with Gasteiger partial charge in [0.15, 0.2) is 11.5 Å². The molecule has 2 aromatic rings. The third-order valence-electron chi connectivity index (χ3n) is 2.79. The van der Waals surface area contributed by atoms with Crippen molar-refractivity contribution in [2.75, 3.05) is 0 Å². The molecule has 0 atom stereocenters. The zero-order valence-corrected chi connectivity index (χ0v) is 10.1. The van der Waals surface area contributed by atoms with Gasteiger partial charge in [0.25, 0.3) is 0 Å². The molecule has 0 aliphatic rings. The molecule has 0 fully saturated rings. The summed E-state index contributed by atoms with van der Waals surface area (Å²) >= 11 is 0. The van der Waals surface area contributed by atoms with E-state index in [4.69, 9.17) is 4.74 Å². The van der Waals surface area contributed by atoms with Crippen LogP contribution in [0.1, 0.15) is 18.1 Å². The van der Waals surface area contributed by atoms with E-state index in [-0.39, 0.29) is 5.75 Å². The van der Waals surface area contributed by atoms with Crippen LogP contribution in [-0.4, -0.2) is 5.11 Å². The van der Waals surface area contributed by atoms with Gasteiger partial charge in [-0.1, -0.05) is 31.2 Å². The minimum Gasteiger partial charge on any atom is -0.504 e. The third kappa shape index (κ3) is 2.41. The van der Waals surface area contributed by atoms with Gasteiger partial charge in [-0.3, -0.25) is 0 Å². The summed E-state index contributed by atoms with van der Waals surface area (Å²) in [4.78, 5) is 0. The van der Waals surface area contributed by atoms with Gasteiger partial charge in [-0.2, -0.15) is 0 Å². The van der Waals surface area contributed by atoms with E-state index in [1.165, 1.54) is 0 Å². The minimum absolute atomic E-state index is 0.191. The predicted molar refractivity (Wildman–Crippen MR) is 68.7 cm³/mol. The van der Waals surface area contributed by atoms with Crippen molar-refractivity contribution in [2.24, 2.45) is 0 Å². The highest BCUT2D eigenvalue weighted by Gasteiger charge is 2.11. The van der Waals surface area contributed by atoms with Gasteiger partial charge < -0.3 is 9.84 Å². The fourth-order valence-electron chi connectivity index (χ4n) is 1.87. The maximum absolute atomic E-state index is 9.88. The lowest BCUT2D eigenvalue weighted by Gasteiger charge is -2.13.